The maximum absolute atomic E-state index is 13.6. The van der Waals surface area contributed by atoms with Crippen molar-refractivity contribution < 1.29 is 19.1 Å². The fraction of sp³-hybridized carbons (Fsp3) is 0.625. The van der Waals surface area contributed by atoms with Crippen molar-refractivity contribution in [2.24, 2.45) is 5.92 Å². The van der Waals surface area contributed by atoms with E-state index in [1.165, 1.54) is 61.6 Å². The average Bonchev–Trinajstić information content (AvgIpc) is 3.57. The maximum atomic E-state index is 13.6. The number of hydrogen-bond acceptors (Lipinski definition) is 4. The highest BCUT2D eigenvalue weighted by Gasteiger charge is 2.49. The van der Waals surface area contributed by atoms with Crippen molar-refractivity contribution >= 4 is 12.4 Å². The summed E-state index contributed by atoms with van der Waals surface area (Å²) >= 11 is 0. The van der Waals surface area contributed by atoms with Gasteiger partial charge in [-0.05, 0) is 74.1 Å². The molecule has 1 aromatic carbocycles. The van der Waals surface area contributed by atoms with Crippen molar-refractivity contribution in [3.63, 3.8) is 0 Å². The molecule has 0 N–H and O–H groups in total. The molecule has 2 aromatic rings. The van der Waals surface area contributed by atoms with Crippen LogP contribution in [-0.4, -0.2) is 47.6 Å². The van der Waals surface area contributed by atoms with Gasteiger partial charge >= 0.3 is 0 Å². The normalized spacial score (nSPS) is 21.0. The highest BCUT2D eigenvalue weighted by Crippen LogP contribution is 2.58. The molecule has 1 saturated heterocycles. The van der Waals surface area contributed by atoms with Gasteiger partial charge in [-0.15, -0.1) is 0 Å². The third-order valence-corrected chi connectivity index (χ3v) is 9.59. The molecule has 0 radical (unpaired) electrons. The first-order valence-electron chi connectivity index (χ1n) is 14.6. The van der Waals surface area contributed by atoms with Gasteiger partial charge in [0.05, 0.1) is 25.3 Å². The van der Waals surface area contributed by atoms with Crippen LogP contribution in [0.25, 0.3) is 11.3 Å². The van der Waals surface area contributed by atoms with E-state index in [4.69, 9.17) is 9.47 Å². The first kappa shape index (κ1) is 25.5. The van der Waals surface area contributed by atoms with Crippen LogP contribution in [0.15, 0.2) is 18.2 Å². The van der Waals surface area contributed by atoms with Crippen LogP contribution in [-0.2, 0) is 26.9 Å². The van der Waals surface area contributed by atoms with Gasteiger partial charge < -0.3 is 18.9 Å². The molecular formula is C32H42N2O4. The van der Waals surface area contributed by atoms with Crippen molar-refractivity contribution in [3.05, 3.63) is 40.6 Å². The first-order chi connectivity index (χ1) is 18.2. The zero-order chi connectivity index (χ0) is 26.7. The van der Waals surface area contributed by atoms with Crippen LogP contribution in [0.1, 0.15) is 99.3 Å². The molecule has 3 fully saturated rings. The highest BCUT2D eigenvalue weighted by atomic mass is 16.5. The molecule has 1 spiro atoms. The summed E-state index contributed by atoms with van der Waals surface area (Å²) < 4.78 is 13.8. The standard InChI is InChI=1S/C32H42N2O4/c1-21-25(30(36)33-18-24(19-33)38-20-35)16-28(34(21)17-22-8-6-5-7-9-22)23-14-26(31(2,3)4)29-27(15-23)32(10-11-32)12-13-37-29/h14-16,20,22,24H,5-13,17-19H2,1-4H3. The van der Waals surface area contributed by atoms with Crippen LogP contribution < -0.4 is 4.74 Å². The minimum atomic E-state index is -0.190. The number of carbonyl (C=O) groups excluding carboxylic acids is 2. The molecule has 2 aliphatic carbocycles. The van der Waals surface area contributed by atoms with E-state index in [0.29, 0.717) is 25.5 Å². The second kappa shape index (κ2) is 9.46. The van der Waals surface area contributed by atoms with Gasteiger partial charge in [0.25, 0.3) is 12.4 Å². The van der Waals surface area contributed by atoms with E-state index in [2.05, 4.69) is 50.5 Å². The predicted octanol–water partition coefficient (Wildman–Crippen LogP) is 6.15. The fourth-order valence-corrected chi connectivity index (χ4v) is 6.94. The van der Waals surface area contributed by atoms with E-state index in [1.807, 2.05) is 0 Å². The van der Waals surface area contributed by atoms with Gasteiger partial charge in [0.2, 0.25) is 0 Å². The van der Waals surface area contributed by atoms with Crippen LogP contribution in [0.4, 0.5) is 0 Å². The summed E-state index contributed by atoms with van der Waals surface area (Å²) in [6.07, 6.45) is 9.82. The SMILES string of the molecule is Cc1c(C(=O)N2CC(OC=O)C2)cc(-c2cc(C(C)(C)C)c3c(c2)C2(CCO3)CC2)n1CC1CCCCC1. The van der Waals surface area contributed by atoms with E-state index in [-0.39, 0.29) is 22.8 Å². The number of aromatic nitrogens is 1. The smallest absolute Gasteiger partial charge is 0.293 e. The van der Waals surface area contributed by atoms with E-state index < -0.39 is 0 Å². The van der Waals surface area contributed by atoms with Gasteiger partial charge in [0, 0.05) is 34.5 Å². The molecule has 2 aliphatic heterocycles. The van der Waals surface area contributed by atoms with Gasteiger partial charge in [-0.1, -0.05) is 40.0 Å². The van der Waals surface area contributed by atoms with Crippen LogP contribution in [0.3, 0.4) is 0 Å². The Labute approximate surface area is 226 Å². The maximum Gasteiger partial charge on any atom is 0.293 e. The quantitative estimate of drug-likeness (QED) is 0.430. The lowest BCUT2D eigenvalue weighted by Crippen LogP contribution is -2.54. The lowest BCUT2D eigenvalue weighted by atomic mass is 9.79. The summed E-state index contributed by atoms with van der Waals surface area (Å²) in [7, 11) is 0. The monoisotopic (exact) mass is 518 g/mol. The molecule has 38 heavy (non-hydrogen) atoms. The molecule has 0 bridgehead atoms. The number of amides is 1. The Kier molecular flexibility index (Phi) is 6.35. The lowest BCUT2D eigenvalue weighted by molar-refractivity contribution is -0.139. The third kappa shape index (κ3) is 4.44. The van der Waals surface area contributed by atoms with Gasteiger partial charge in [-0.2, -0.15) is 0 Å². The van der Waals surface area contributed by atoms with E-state index in [1.54, 1.807) is 4.90 Å². The van der Waals surface area contributed by atoms with E-state index in [0.717, 1.165) is 42.3 Å². The Morgan fingerprint density at radius 3 is 2.50 bits per heavy atom. The van der Waals surface area contributed by atoms with Crippen LogP contribution >= 0.6 is 0 Å². The van der Waals surface area contributed by atoms with E-state index >= 15 is 0 Å². The number of hydrogen-bond donors (Lipinski definition) is 0. The van der Waals surface area contributed by atoms with Crippen LogP contribution in [0, 0.1) is 12.8 Å². The van der Waals surface area contributed by atoms with Gasteiger partial charge in [-0.25, -0.2) is 0 Å². The molecule has 0 atom stereocenters. The first-order valence-corrected chi connectivity index (χ1v) is 14.6. The zero-order valence-corrected chi connectivity index (χ0v) is 23.5. The predicted molar refractivity (Wildman–Crippen MR) is 148 cm³/mol. The Bertz CT molecular complexity index is 1220. The van der Waals surface area contributed by atoms with Gasteiger partial charge in [-0.3, -0.25) is 9.59 Å². The largest absolute Gasteiger partial charge is 0.493 e. The minimum Gasteiger partial charge on any atom is -0.493 e. The van der Waals surface area contributed by atoms with Crippen LogP contribution in [0.5, 0.6) is 5.75 Å². The molecule has 6 nitrogen and oxygen atoms in total. The summed E-state index contributed by atoms with van der Waals surface area (Å²) in [5, 5.41) is 0. The highest BCUT2D eigenvalue weighted by molar-refractivity contribution is 5.97. The van der Waals surface area contributed by atoms with Crippen molar-refractivity contribution in [3.8, 4) is 17.0 Å². The number of fused-ring (bicyclic) bond motifs is 2. The molecule has 2 saturated carbocycles. The van der Waals surface area contributed by atoms with Crippen molar-refractivity contribution in [2.45, 2.75) is 103 Å². The van der Waals surface area contributed by atoms with Gasteiger partial charge in [0.15, 0.2) is 0 Å². The minimum absolute atomic E-state index is 0.0351. The number of nitrogens with zero attached hydrogens (tertiary/aromatic N) is 2. The summed E-state index contributed by atoms with van der Waals surface area (Å²) in [5.41, 5.74) is 7.02. The summed E-state index contributed by atoms with van der Waals surface area (Å²) in [5.74, 6) is 1.78. The topological polar surface area (TPSA) is 60.8 Å². The Balaban J connectivity index is 1.44. The fourth-order valence-electron chi connectivity index (χ4n) is 6.94. The van der Waals surface area contributed by atoms with Crippen molar-refractivity contribution in [2.75, 3.05) is 19.7 Å². The molecule has 1 amide bonds. The number of carbonyl (C=O) groups is 2. The lowest BCUT2D eigenvalue weighted by Gasteiger charge is -2.37. The Morgan fingerprint density at radius 1 is 1.11 bits per heavy atom. The van der Waals surface area contributed by atoms with E-state index in [9.17, 15) is 9.59 Å². The second-order valence-corrected chi connectivity index (χ2v) is 13.2. The Hall–Kier alpha value is -2.76. The molecule has 0 unspecified atom stereocenters. The average molecular weight is 519 g/mol. The number of ether oxygens (including phenoxy) is 2. The number of likely N-dealkylation sites (tertiary alicyclic amines) is 1. The Morgan fingerprint density at radius 2 is 1.84 bits per heavy atom. The second-order valence-electron chi connectivity index (χ2n) is 13.2. The summed E-state index contributed by atoms with van der Waals surface area (Å²) in [6.45, 7) is 12.1. The zero-order valence-electron chi connectivity index (χ0n) is 23.5. The summed E-state index contributed by atoms with van der Waals surface area (Å²) in [4.78, 5) is 26.1. The van der Waals surface area contributed by atoms with Crippen molar-refractivity contribution in [1.29, 1.82) is 0 Å². The van der Waals surface area contributed by atoms with Gasteiger partial charge in [0.1, 0.15) is 11.9 Å². The molecule has 4 aliphatic rings. The molecule has 204 valence electrons. The molecular weight excluding hydrogens is 476 g/mol. The van der Waals surface area contributed by atoms with Crippen molar-refractivity contribution in [1.82, 2.24) is 9.47 Å². The molecule has 6 rings (SSSR count). The molecule has 3 heterocycles. The third-order valence-electron chi connectivity index (χ3n) is 9.59. The van der Waals surface area contributed by atoms with Crippen LogP contribution in [0.2, 0.25) is 0 Å². The molecule has 6 heteroatoms. The molecule has 1 aromatic heterocycles. The number of rotatable bonds is 6. The summed E-state index contributed by atoms with van der Waals surface area (Å²) in [6, 6.07) is 6.85. The number of benzene rings is 1.